The number of rotatable bonds is 4. The third kappa shape index (κ3) is 3.98. The number of carbonyl (C=O) groups is 2. The molecule has 7 nitrogen and oxygen atoms in total. The zero-order valence-corrected chi connectivity index (χ0v) is 18.5. The number of dihydropyridines is 1. The monoisotopic (exact) mass is 440 g/mol. The number of furan rings is 1. The molecule has 2 unspecified atom stereocenters. The van der Waals surface area contributed by atoms with Crippen molar-refractivity contribution in [1.82, 2.24) is 15.3 Å². The van der Waals surface area contributed by atoms with Crippen molar-refractivity contribution in [2.75, 3.05) is 5.32 Å². The first-order chi connectivity index (χ1) is 16.0. The summed E-state index contributed by atoms with van der Waals surface area (Å²) in [4.78, 5) is 35.7. The first-order valence-corrected chi connectivity index (χ1v) is 10.9. The van der Waals surface area contributed by atoms with Crippen molar-refractivity contribution in [2.24, 2.45) is 0 Å². The first-order valence-electron chi connectivity index (χ1n) is 10.9. The fourth-order valence-electron chi connectivity index (χ4n) is 4.63. The Bertz CT molecular complexity index is 1260. The molecule has 0 fully saturated rings. The standard InChI is InChI=1S/C26H24N4O3/c1-15-8-9-22(28-14-15)30-26(32)23-16(2)29-19-12-17(21-7-5-11-33-21)13-20(31)24(19)25(23)18-6-3-4-10-27-18/h3-11,14,17,25,29H,12-13H2,1-2H3,(H,28,30,32). The summed E-state index contributed by atoms with van der Waals surface area (Å²) in [6.07, 6.45) is 5.96. The minimum absolute atomic E-state index is 0.00735. The Morgan fingerprint density at radius 1 is 1.09 bits per heavy atom. The number of carbonyl (C=O) groups excluding carboxylic acids is 2. The molecule has 3 aromatic rings. The van der Waals surface area contributed by atoms with E-state index in [4.69, 9.17) is 4.42 Å². The first kappa shape index (κ1) is 20.9. The molecule has 2 aliphatic rings. The molecule has 1 aliphatic carbocycles. The van der Waals surface area contributed by atoms with Crippen molar-refractivity contribution in [2.45, 2.75) is 38.5 Å². The predicted octanol–water partition coefficient (Wildman–Crippen LogP) is 4.38. The number of allylic oxidation sites excluding steroid dienone is 3. The highest BCUT2D eigenvalue weighted by atomic mass is 16.3. The van der Waals surface area contributed by atoms with Crippen LogP contribution in [0.25, 0.3) is 0 Å². The number of pyridine rings is 2. The summed E-state index contributed by atoms with van der Waals surface area (Å²) >= 11 is 0. The molecule has 0 aromatic carbocycles. The van der Waals surface area contributed by atoms with Gasteiger partial charge in [0.05, 0.1) is 17.9 Å². The van der Waals surface area contributed by atoms with E-state index >= 15 is 0 Å². The van der Waals surface area contributed by atoms with Crippen LogP contribution in [-0.4, -0.2) is 21.7 Å². The van der Waals surface area contributed by atoms with E-state index < -0.39 is 5.92 Å². The summed E-state index contributed by atoms with van der Waals surface area (Å²) in [7, 11) is 0. The van der Waals surface area contributed by atoms with Crippen LogP contribution in [0.4, 0.5) is 5.82 Å². The van der Waals surface area contributed by atoms with E-state index in [2.05, 4.69) is 20.6 Å². The van der Waals surface area contributed by atoms with Crippen molar-refractivity contribution in [3.05, 3.63) is 101 Å². The number of Topliss-reactive ketones (excluding diaryl/α,β-unsaturated/α-hetero) is 1. The molecule has 5 rings (SSSR count). The van der Waals surface area contributed by atoms with E-state index in [1.54, 1.807) is 24.7 Å². The third-order valence-electron chi connectivity index (χ3n) is 6.15. The Morgan fingerprint density at radius 3 is 2.67 bits per heavy atom. The molecule has 33 heavy (non-hydrogen) atoms. The van der Waals surface area contributed by atoms with Crippen LogP contribution in [-0.2, 0) is 9.59 Å². The zero-order valence-electron chi connectivity index (χ0n) is 18.5. The number of anilines is 1. The van der Waals surface area contributed by atoms with Gasteiger partial charge in [0.25, 0.3) is 5.91 Å². The van der Waals surface area contributed by atoms with Gasteiger partial charge in [-0.15, -0.1) is 0 Å². The number of aromatic nitrogens is 2. The van der Waals surface area contributed by atoms with E-state index in [-0.39, 0.29) is 17.6 Å². The summed E-state index contributed by atoms with van der Waals surface area (Å²) in [6, 6.07) is 12.9. The zero-order chi connectivity index (χ0) is 22.9. The lowest BCUT2D eigenvalue weighted by molar-refractivity contribution is -0.116. The Labute approximate surface area is 191 Å². The maximum absolute atomic E-state index is 13.5. The van der Waals surface area contributed by atoms with Crippen molar-refractivity contribution in [3.8, 4) is 0 Å². The molecule has 0 spiro atoms. The minimum Gasteiger partial charge on any atom is -0.469 e. The van der Waals surface area contributed by atoms with Crippen LogP contribution in [0.15, 0.2) is 88.1 Å². The van der Waals surface area contributed by atoms with E-state index in [1.807, 2.05) is 50.2 Å². The van der Waals surface area contributed by atoms with Crippen molar-refractivity contribution < 1.29 is 14.0 Å². The number of amides is 1. The van der Waals surface area contributed by atoms with Gasteiger partial charge in [-0.1, -0.05) is 12.1 Å². The number of hydrogen-bond donors (Lipinski definition) is 2. The number of hydrogen-bond acceptors (Lipinski definition) is 6. The van der Waals surface area contributed by atoms with Gasteiger partial charge in [-0.2, -0.15) is 0 Å². The number of nitrogens with one attached hydrogen (secondary N) is 2. The molecule has 4 heterocycles. The van der Waals surface area contributed by atoms with Crippen LogP contribution < -0.4 is 10.6 Å². The molecule has 0 radical (unpaired) electrons. The molecule has 0 saturated heterocycles. The van der Waals surface area contributed by atoms with Crippen LogP contribution in [0.2, 0.25) is 0 Å². The molecule has 1 amide bonds. The summed E-state index contributed by atoms with van der Waals surface area (Å²) < 4.78 is 5.58. The molecular weight excluding hydrogens is 416 g/mol. The van der Waals surface area contributed by atoms with Crippen LogP contribution >= 0.6 is 0 Å². The van der Waals surface area contributed by atoms with Gasteiger partial charge < -0.3 is 15.1 Å². The van der Waals surface area contributed by atoms with Crippen LogP contribution in [0.5, 0.6) is 0 Å². The van der Waals surface area contributed by atoms with Gasteiger partial charge in [-0.25, -0.2) is 4.98 Å². The Hall–Kier alpha value is -4.00. The summed E-state index contributed by atoms with van der Waals surface area (Å²) in [5.41, 5.74) is 4.26. The minimum atomic E-state index is -0.557. The fourth-order valence-corrected chi connectivity index (χ4v) is 4.63. The van der Waals surface area contributed by atoms with E-state index in [1.165, 1.54) is 0 Å². The summed E-state index contributed by atoms with van der Waals surface area (Å²) in [6.45, 7) is 3.80. The Kier molecular flexibility index (Phi) is 5.38. The van der Waals surface area contributed by atoms with Crippen LogP contribution in [0, 0.1) is 6.92 Å². The highest BCUT2D eigenvalue weighted by Crippen LogP contribution is 2.45. The SMILES string of the molecule is CC1=C(C(=O)Nc2ccc(C)cn2)C(c2ccccn2)C2=C(CC(c3ccco3)CC2=O)N1. The molecule has 2 atom stereocenters. The lowest BCUT2D eigenvalue weighted by atomic mass is 9.73. The van der Waals surface area contributed by atoms with Crippen molar-refractivity contribution >= 4 is 17.5 Å². The highest BCUT2D eigenvalue weighted by Gasteiger charge is 2.42. The van der Waals surface area contributed by atoms with Gasteiger partial charge in [-0.05, 0) is 56.2 Å². The maximum Gasteiger partial charge on any atom is 0.255 e. The number of nitrogens with zero attached hydrogens (tertiary/aromatic N) is 2. The lowest BCUT2D eigenvalue weighted by Crippen LogP contribution is -2.37. The van der Waals surface area contributed by atoms with Gasteiger partial charge in [0.1, 0.15) is 11.6 Å². The van der Waals surface area contributed by atoms with E-state index in [0.29, 0.717) is 41.2 Å². The number of ketones is 1. The van der Waals surface area contributed by atoms with E-state index in [0.717, 1.165) is 17.0 Å². The second-order valence-electron chi connectivity index (χ2n) is 8.46. The average Bonchev–Trinajstić information content (AvgIpc) is 3.35. The highest BCUT2D eigenvalue weighted by molar-refractivity contribution is 6.09. The molecule has 0 bridgehead atoms. The summed E-state index contributed by atoms with van der Waals surface area (Å²) in [5.74, 6) is 0.340. The molecule has 166 valence electrons. The van der Waals surface area contributed by atoms with Gasteiger partial charge in [0, 0.05) is 47.3 Å². The van der Waals surface area contributed by atoms with Crippen LogP contribution in [0.3, 0.4) is 0 Å². The predicted molar refractivity (Wildman–Crippen MR) is 123 cm³/mol. The lowest BCUT2D eigenvalue weighted by Gasteiger charge is -2.36. The third-order valence-corrected chi connectivity index (χ3v) is 6.15. The Morgan fingerprint density at radius 2 is 1.97 bits per heavy atom. The summed E-state index contributed by atoms with van der Waals surface area (Å²) in [5, 5.41) is 6.24. The van der Waals surface area contributed by atoms with Gasteiger partial charge in [0.15, 0.2) is 5.78 Å². The number of aryl methyl sites for hydroxylation is 1. The fraction of sp³-hybridized carbons (Fsp3) is 0.231. The van der Waals surface area contributed by atoms with Gasteiger partial charge >= 0.3 is 0 Å². The molecule has 3 aromatic heterocycles. The topological polar surface area (TPSA) is 97.1 Å². The molecule has 7 heteroatoms. The maximum atomic E-state index is 13.5. The second kappa shape index (κ2) is 8.50. The van der Waals surface area contributed by atoms with Gasteiger partial charge in [-0.3, -0.25) is 14.6 Å². The smallest absolute Gasteiger partial charge is 0.255 e. The second-order valence-corrected chi connectivity index (χ2v) is 8.46. The van der Waals surface area contributed by atoms with Gasteiger partial charge in [0.2, 0.25) is 0 Å². The quantitative estimate of drug-likeness (QED) is 0.625. The van der Waals surface area contributed by atoms with Crippen LogP contribution in [0.1, 0.15) is 48.6 Å². The molecule has 1 aliphatic heterocycles. The average molecular weight is 441 g/mol. The molecule has 0 saturated carbocycles. The molecule has 2 N–H and O–H groups in total. The Balaban J connectivity index is 1.54. The van der Waals surface area contributed by atoms with Crippen molar-refractivity contribution in [1.29, 1.82) is 0 Å². The van der Waals surface area contributed by atoms with E-state index in [9.17, 15) is 9.59 Å². The normalized spacial score (nSPS) is 20.4. The molecular formula is C26H24N4O3. The van der Waals surface area contributed by atoms with Crippen molar-refractivity contribution in [3.63, 3.8) is 0 Å². The largest absolute Gasteiger partial charge is 0.469 e.